The summed E-state index contributed by atoms with van der Waals surface area (Å²) in [6.45, 7) is 0. The van der Waals surface area contributed by atoms with Crippen LogP contribution in [0.1, 0.15) is 0 Å². The van der Waals surface area contributed by atoms with Crippen LogP contribution in [0.25, 0.3) is 11.3 Å². The van der Waals surface area contributed by atoms with Crippen LogP contribution in [0.3, 0.4) is 0 Å². The van der Waals surface area contributed by atoms with Crippen molar-refractivity contribution in [3.05, 3.63) is 36.1 Å². The lowest BCUT2D eigenvalue weighted by Crippen LogP contribution is -2.35. The summed E-state index contributed by atoms with van der Waals surface area (Å²) in [5, 5.41) is 22.1. The molecule has 0 aliphatic rings. The summed E-state index contributed by atoms with van der Waals surface area (Å²) in [5.41, 5.74) is 0.937. The Balaban J connectivity index is 2.50. The van der Waals surface area contributed by atoms with Crippen molar-refractivity contribution >= 4 is 12.7 Å². The number of hydrogen-bond acceptors (Lipinski definition) is 3. The Kier molecular flexibility index (Phi) is 2.76. The highest BCUT2D eigenvalue weighted by Crippen LogP contribution is 2.19. The zero-order valence-corrected chi connectivity index (χ0v) is 8.63. The van der Waals surface area contributed by atoms with Gasteiger partial charge in [0.15, 0.2) is 0 Å². The topological polar surface area (TPSA) is 58.3 Å². The fourth-order valence-electron chi connectivity index (χ4n) is 1.52. The fraction of sp³-hybridized carbons (Fsp3) is 0.100. The van der Waals surface area contributed by atoms with Crippen molar-refractivity contribution in [3.8, 4) is 11.3 Å². The van der Waals surface area contributed by atoms with E-state index in [2.05, 4.69) is 5.10 Å². The van der Waals surface area contributed by atoms with Crippen molar-refractivity contribution in [2.24, 2.45) is 7.05 Å². The lowest BCUT2D eigenvalue weighted by Gasteiger charge is -1.97. The molecule has 0 spiro atoms. The van der Waals surface area contributed by atoms with Gasteiger partial charge >= 0.3 is 7.12 Å². The lowest BCUT2D eigenvalue weighted by molar-refractivity contribution is 0.421. The molecule has 0 atom stereocenters. The van der Waals surface area contributed by atoms with Gasteiger partial charge in [0.05, 0.1) is 11.3 Å². The van der Waals surface area contributed by atoms with Gasteiger partial charge in [-0.15, -0.1) is 0 Å². The van der Waals surface area contributed by atoms with Crippen LogP contribution in [0.2, 0.25) is 0 Å². The predicted octanol–water partition coefficient (Wildman–Crippen LogP) is -0.0940. The molecule has 1 aromatic carbocycles. The zero-order valence-electron chi connectivity index (χ0n) is 8.63. The second-order valence-electron chi connectivity index (χ2n) is 3.43. The van der Waals surface area contributed by atoms with E-state index in [0.717, 1.165) is 0 Å². The number of nitrogens with zero attached hydrogens (tertiary/aromatic N) is 2. The van der Waals surface area contributed by atoms with Gasteiger partial charge in [0.2, 0.25) is 0 Å². The largest absolute Gasteiger partial charge is 0.507 e. The monoisotopic (exact) mass is 220 g/mol. The van der Waals surface area contributed by atoms with Crippen LogP contribution < -0.4 is 5.59 Å². The van der Waals surface area contributed by atoms with Gasteiger partial charge in [0, 0.05) is 12.6 Å². The summed E-state index contributed by atoms with van der Waals surface area (Å²) in [5.74, 6) is -0.389. The molecule has 2 aromatic rings. The second kappa shape index (κ2) is 4.07. The summed E-state index contributed by atoms with van der Waals surface area (Å²) < 4.78 is 14.8. The van der Waals surface area contributed by atoms with Crippen LogP contribution in [0.5, 0.6) is 0 Å². The van der Waals surface area contributed by atoms with E-state index in [4.69, 9.17) is 10.0 Å². The van der Waals surface area contributed by atoms with Crippen LogP contribution >= 0.6 is 0 Å². The average molecular weight is 220 g/mol. The minimum absolute atomic E-state index is 0.221. The summed E-state index contributed by atoms with van der Waals surface area (Å²) in [4.78, 5) is 0. The molecule has 2 N–H and O–H groups in total. The number of aromatic nitrogens is 2. The highest BCUT2D eigenvalue weighted by Gasteiger charge is 2.19. The number of benzene rings is 1. The summed E-state index contributed by atoms with van der Waals surface area (Å²) in [6.07, 6.45) is 0. The molecule has 0 unspecified atom stereocenters. The van der Waals surface area contributed by atoms with Crippen molar-refractivity contribution in [1.29, 1.82) is 0 Å². The molecule has 0 saturated heterocycles. The normalized spacial score (nSPS) is 10.5. The summed E-state index contributed by atoms with van der Waals surface area (Å²) >= 11 is 0. The third-order valence-electron chi connectivity index (χ3n) is 2.33. The van der Waals surface area contributed by atoms with E-state index in [0.29, 0.717) is 11.3 Å². The van der Waals surface area contributed by atoms with E-state index in [1.165, 1.54) is 16.8 Å². The maximum Gasteiger partial charge on any atom is 0.507 e. The van der Waals surface area contributed by atoms with Gasteiger partial charge in [-0.1, -0.05) is 12.1 Å². The Morgan fingerprint density at radius 3 is 2.56 bits per heavy atom. The molecule has 0 aliphatic heterocycles. The Morgan fingerprint density at radius 1 is 1.31 bits per heavy atom. The first-order chi connectivity index (χ1) is 7.59. The quantitative estimate of drug-likeness (QED) is 0.695. The van der Waals surface area contributed by atoms with Crippen LogP contribution in [-0.4, -0.2) is 26.9 Å². The smallest absolute Gasteiger partial charge is 0.422 e. The van der Waals surface area contributed by atoms with Crippen molar-refractivity contribution in [3.63, 3.8) is 0 Å². The predicted molar refractivity (Wildman–Crippen MR) is 58.4 cm³/mol. The summed E-state index contributed by atoms with van der Waals surface area (Å²) in [7, 11) is -0.0444. The van der Waals surface area contributed by atoms with E-state index < -0.39 is 7.12 Å². The Morgan fingerprint density at radius 2 is 2.00 bits per heavy atom. The first kappa shape index (κ1) is 10.8. The molecule has 0 radical (unpaired) electrons. The molecule has 16 heavy (non-hydrogen) atoms. The highest BCUT2D eigenvalue weighted by molar-refractivity contribution is 6.57. The standard InChI is InChI=1S/C10H10BFN2O2/c1-14-10(11(15)16)6-9(13-14)7-4-2-3-5-8(7)12/h2-6,15-16H,1H3. The van der Waals surface area contributed by atoms with Crippen molar-refractivity contribution in [2.45, 2.75) is 0 Å². The molecule has 0 amide bonds. The minimum atomic E-state index is -1.61. The zero-order chi connectivity index (χ0) is 11.7. The molecule has 1 heterocycles. The van der Waals surface area contributed by atoms with E-state index in [1.54, 1.807) is 25.2 Å². The van der Waals surface area contributed by atoms with Crippen LogP contribution in [0.15, 0.2) is 30.3 Å². The van der Waals surface area contributed by atoms with Gasteiger partial charge < -0.3 is 10.0 Å². The van der Waals surface area contributed by atoms with Gasteiger partial charge in [-0.05, 0) is 18.2 Å². The molecule has 0 fully saturated rings. The molecular formula is C10H10BFN2O2. The first-order valence-corrected chi connectivity index (χ1v) is 4.74. The Bertz CT molecular complexity index is 513. The highest BCUT2D eigenvalue weighted by atomic mass is 19.1. The second-order valence-corrected chi connectivity index (χ2v) is 3.43. The maximum atomic E-state index is 13.4. The van der Waals surface area contributed by atoms with E-state index in [-0.39, 0.29) is 11.4 Å². The van der Waals surface area contributed by atoms with E-state index in [9.17, 15) is 4.39 Å². The Hall–Kier alpha value is -1.66. The molecule has 4 nitrogen and oxygen atoms in total. The Labute approximate surface area is 92.1 Å². The molecule has 82 valence electrons. The maximum absolute atomic E-state index is 13.4. The van der Waals surface area contributed by atoms with Gasteiger partial charge in [-0.25, -0.2) is 4.39 Å². The van der Waals surface area contributed by atoms with Crippen molar-refractivity contribution in [1.82, 2.24) is 9.78 Å². The van der Waals surface area contributed by atoms with Gasteiger partial charge in [0.25, 0.3) is 0 Å². The van der Waals surface area contributed by atoms with Gasteiger partial charge in [0.1, 0.15) is 5.82 Å². The molecule has 6 heteroatoms. The number of aryl methyl sites for hydroxylation is 1. The number of halogens is 1. The number of rotatable bonds is 2. The van der Waals surface area contributed by atoms with Crippen molar-refractivity contribution in [2.75, 3.05) is 0 Å². The van der Waals surface area contributed by atoms with Crippen molar-refractivity contribution < 1.29 is 14.4 Å². The third-order valence-corrected chi connectivity index (χ3v) is 2.33. The molecule has 2 rings (SSSR count). The van der Waals surface area contributed by atoms with Gasteiger partial charge in [-0.2, -0.15) is 5.10 Å². The molecule has 0 saturated carbocycles. The first-order valence-electron chi connectivity index (χ1n) is 4.74. The van der Waals surface area contributed by atoms with E-state index >= 15 is 0 Å². The van der Waals surface area contributed by atoms with Crippen LogP contribution in [0.4, 0.5) is 4.39 Å². The number of hydrogen-bond donors (Lipinski definition) is 2. The molecule has 0 bridgehead atoms. The molecule has 0 aliphatic carbocycles. The SMILES string of the molecule is Cn1nc(-c2ccccc2F)cc1B(O)O. The van der Waals surface area contributed by atoms with Crippen LogP contribution in [-0.2, 0) is 7.05 Å². The lowest BCUT2D eigenvalue weighted by atomic mass is 9.85. The van der Waals surface area contributed by atoms with E-state index in [1.807, 2.05) is 0 Å². The summed E-state index contributed by atoms with van der Waals surface area (Å²) in [6, 6.07) is 7.65. The van der Waals surface area contributed by atoms with Crippen LogP contribution in [0, 0.1) is 5.82 Å². The minimum Gasteiger partial charge on any atom is -0.422 e. The van der Waals surface area contributed by atoms with Gasteiger partial charge in [-0.3, -0.25) is 4.68 Å². The molecular weight excluding hydrogens is 210 g/mol. The fourth-order valence-corrected chi connectivity index (χ4v) is 1.52. The average Bonchev–Trinajstić information content (AvgIpc) is 2.61. The third kappa shape index (κ3) is 1.85. The molecule has 1 aromatic heterocycles.